The first-order valence-electron chi connectivity index (χ1n) is 9.00. The third kappa shape index (κ3) is 4.79. The maximum absolute atomic E-state index is 12.5. The Morgan fingerprint density at radius 3 is 2.58 bits per heavy atom. The third-order valence-corrected chi connectivity index (χ3v) is 4.64. The molecule has 1 atom stereocenters. The summed E-state index contributed by atoms with van der Waals surface area (Å²) in [6, 6.07) is 7.02. The normalized spacial score (nSPS) is 20.0. The van der Waals surface area contributed by atoms with E-state index in [0.29, 0.717) is 32.1 Å². The summed E-state index contributed by atoms with van der Waals surface area (Å²) in [7, 11) is 0. The van der Waals surface area contributed by atoms with Gasteiger partial charge in [0.05, 0.1) is 12.6 Å². The molecule has 142 valence electrons. The van der Waals surface area contributed by atoms with Crippen molar-refractivity contribution in [3.8, 4) is 0 Å². The number of nitrogens with one attached hydrogen (secondary N) is 2. The number of benzene rings is 1. The Balaban J connectivity index is 1.56. The van der Waals surface area contributed by atoms with Gasteiger partial charge in [-0.1, -0.05) is 0 Å². The van der Waals surface area contributed by atoms with Gasteiger partial charge in [0.25, 0.3) is 5.91 Å². The standard InChI is InChI=1S/C18H26N4O4/c19-11-16(20-14-5-8-25-9-6-14)18(24)21-13-1-3-15(4-2-13)22-7-10-26-12-17(22)23/h1-4,14,16,20H,5-12,19H2,(H,21,24)/t16-/m0/s1. The molecule has 0 radical (unpaired) electrons. The molecule has 0 spiro atoms. The average Bonchev–Trinajstić information content (AvgIpc) is 2.68. The van der Waals surface area contributed by atoms with Gasteiger partial charge < -0.3 is 30.7 Å². The molecular formula is C18H26N4O4. The minimum Gasteiger partial charge on any atom is -0.381 e. The first-order valence-corrected chi connectivity index (χ1v) is 9.00. The van der Waals surface area contributed by atoms with E-state index >= 15 is 0 Å². The van der Waals surface area contributed by atoms with Gasteiger partial charge in [0.2, 0.25) is 5.91 Å². The summed E-state index contributed by atoms with van der Waals surface area (Å²) >= 11 is 0. The van der Waals surface area contributed by atoms with Crippen LogP contribution in [0.4, 0.5) is 11.4 Å². The number of nitrogens with zero attached hydrogens (tertiary/aromatic N) is 1. The zero-order valence-corrected chi connectivity index (χ0v) is 14.8. The molecule has 2 amide bonds. The zero-order chi connectivity index (χ0) is 18.4. The van der Waals surface area contributed by atoms with Crippen LogP contribution in [0.3, 0.4) is 0 Å². The van der Waals surface area contributed by atoms with Gasteiger partial charge in [0.1, 0.15) is 6.61 Å². The lowest BCUT2D eigenvalue weighted by Crippen LogP contribution is -2.51. The number of nitrogens with two attached hydrogens (primary N) is 1. The number of anilines is 2. The Bertz CT molecular complexity index is 616. The Morgan fingerprint density at radius 1 is 1.19 bits per heavy atom. The van der Waals surface area contributed by atoms with Crippen molar-refractivity contribution in [2.45, 2.75) is 24.9 Å². The van der Waals surface area contributed by atoms with Crippen molar-refractivity contribution in [2.75, 3.05) is 49.7 Å². The monoisotopic (exact) mass is 362 g/mol. The fraction of sp³-hybridized carbons (Fsp3) is 0.556. The molecule has 1 aromatic carbocycles. The van der Waals surface area contributed by atoms with Gasteiger partial charge in [0.15, 0.2) is 0 Å². The van der Waals surface area contributed by atoms with Crippen LogP contribution in [0.2, 0.25) is 0 Å². The van der Waals surface area contributed by atoms with E-state index in [1.54, 1.807) is 17.0 Å². The summed E-state index contributed by atoms with van der Waals surface area (Å²) in [5.41, 5.74) is 7.24. The Kier molecular flexibility index (Phi) is 6.56. The zero-order valence-electron chi connectivity index (χ0n) is 14.8. The Labute approximate surface area is 153 Å². The summed E-state index contributed by atoms with van der Waals surface area (Å²) in [6.45, 7) is 2.81. The predicted molar refractivity (Wildman–Crippen MR) is 98.1 cm³/mol. The quantitative estimate of drug-likeness (QED) is 0.662. The molecule has 0 aromatic heterocycles. The lowest BCUT2D eigenvalue weighted by molar-refractivity contribution is -0.125. The number of rotatable bonds is 6. The number of hydrogen-bond donors (Lipinski definition) is 3. The predicted octanol–water partition coefficient (Wildman–Crippen LogP) is 0.0842. The maximum atomic E-state index is 12.5. The molecule has 2 saturated heterocycles. The highest BCUT2D eigenvalue weighted by Crippen LogP contribution is 2.20. The molecule has 4 N–H and O–H groups in total. The van der Waals surface area contributed by atoms with Crippen molar-refractivity contribution >= 4 is 23.2 Å². The number of amides is 2. The Morgan fingerprint density at radius 2 is 1.92 bits per heavy atom. The fourth-order valence-electron chi connectivity index (χ4n) is 3.14. The topological polar surface area (TPSA) is 106 Å². The molecule has 0 bridgehead atoms. The van der Waals surface area contributed by atoms with Gasteiger partial charge in [-0.05, 0) is 37.1 Å². The summed E-state index contributed by atoms with van der Waals surface area (Å²) in [5.74, 6) is -0.217. The minimum absolute atomic E-state index is 0.0584. The number of hydrogen-bond acceptors (Lipinski definition) is 6. The van der Waals surface area contributed by atoms with Crippen LogP contribution in [0.25, 0.3) is 0 Å². The van der Waals surface area contributed by atoms with Crippen LogP contribution in [-0.4, -0.2) is 63.4 Å². The smallest absolute Gasteiger partial charge is 0.253 e. The second-order valence-corrected chi connectivity index (χ2v) is 6.48. The van der Waals surface area contributed by atoms with Crippen LogP contribution in [0, 0.1) is 0 Å². The molecule has 2 heterocycles. The molecule has 2 aliphatic rings. The number of carbonyl (C=O) groups is 2. The molecule has 8 nitrogen and oxygen atoms in total. The van der Waals surface area contributed by atoms with Gasteiger partial charge in [-0.15, -0.1) is 0 Å². The van der Waals surface area contributed by atoms with Gasteiger partial charge in [-0.2, -0.15) is 0 Å². The molecular weight excluding hydrogens is 336 g/mol. The second kappa shape index (κ2) is 9.09. The number of ether oxygens (including phenoxy) is 2. The highest BCUT2D eigenvalue weighted by Gasteiger charge is 2.23. The molecule has 2 aliphatic heterocycles. The van der Waals surface area contributed by atoms with Crippen LogP contribution >= 0.6 is 0 Å². The van der Waals surface area contributed by atoms with E-state index < -0.39 is 6.04 Å². The molecule has 26 heavy (non-hydrogen) atoms. The molecule has 8 heteroatoms. The molecule has 0 unspecified atom stereocenters. The highest BCUT2D eigenvalue weighted by atomic mass is 16.5. The Hall–Kier alpha value is -2.00. The summed E-state index contributed by atoms with van der Waals surface area (Å²) in [6.07, 6.45) is 1.76. The molecule has 0 saturated carbocycles. The average molecular weight is 362 g/mol. The van der Waals surface area contributed by atoms with Crippen molar-refractivity contribution in [3.05, 3.63) is 24.3 Å². The third-order valence-electron chi connectivity index (χ3n) is 4.64. The van der Waals surface area contributed by atoms with E-state index in [1.165, 1.54) is 0 Å². The summed E-state index contributed by atoms with van der Waals surface area (Å²) in [4.78, 5) is 26.0. The van der Waals surface area contributed by atoms with E-state index in [9.17, 15) is 9.59 Å². The molecule has 3 rings (SSSR count). The van der Waals surface area contributed by atoms with Crippen molar-refractivity contribution < 1.29 is 19.1 Å². The van der Waals surface area contributed by atoms with E-state index in [4.69, 9.17) is 15.2 Å². The first-order chi connectivity index (χ1) is 12.7. The molecule has 1 aromatic rings. The lowest BCUT2D eigenvalue weighted by atomic mass is 10.1. The number of morpholine rings is 1. The SMILES string of the molecule is NC[C@H](NC1CCOCC1)C(=O)Nc1ccc(N2CCOCC2=O)cc1. The van der Waals surface area contributed by atoms with E-state index in [1.807, 2.05) is 12.1 Å². The van der Waals surface area contributed by atoms with E-state index in [0.717, 1.165) is 18.5 Å². The van der Waals surface area contributed by atoms with E-state index in [2.05, 4.69) is 10.6 Å². The van der Waals surface area contributed by atoms with Crippen LogP contribution < -0.4 is 21.3 Å². The minimum atomic E-state index is -0.446. The van der Waals surface area contributed by atoms with Gasteiger partial charge in [-0.25, -0.2) is 0 Å². The largest absolute Gasteiger partial charge is 0.381 e. The van der Waals surface area contributed by atoms with Crippen LogP contribution in [0.15, 0.2) is 24.3 Å². The summed E-state index contributed by atoms with van der Waals surface area (Å²) in [5, 5.41) is 6.19. The van der Waals surface area contributed by atoms with Gasteiger partial charge >= 0.3 is 0 Å². The maximum Gasteiger partial charge on any atom is 0.253 e. The van der Waals surface area contributed by atoms with Crippen LogP contribution in [0.1, 0.15) is 12.8 Å². The van der Waals surface area contributed by atoms with E-state index in [-0.39, 0.29) is 31.0 Å². The van der Waals surface area contributed by atoms with Gasteiger partial charge in [0, 0.05) is 43.7 Å². The second-order valence-electron chi connectivity index (χ2n) is 6.48. The van der Waals surface area contributed by atoms with Crippen molar-refractivity contribution in [3.63, 3.8) is 0 Å². The lowest BCUT2D eigenvalue weighted by Gasteiger charge is -2.28. The molecule has 2 fully saturated rings. The van der Waals surface area contributed by atoms with Crippen molar-refractivity contribution in [1.82, 2.24) is 5.32 Å². The number of carbonyl (C=O) groups excluding carboxylic acids is 2. The van der Waals surface area contributed by atoms with Crippen LogP contribution in [0.5, 0.6) is 0 Å². The fourth-order valence-corrected chi connectivity index (χ4v) is 3.14. The van der Waals surface area contributed by atoms with Crippen molar-refractivity contribution in [1.29, 1.82) is 0 Å². The first kappa shape index (κ1) is 18.8. The van der Waals surface area contributed by atoms with Gasteiger partial charge in [-0.3, -0.25) is 9.59 Å². The highest BCUT2D eigenvalue weighted by molar-refractivity contribution is 5.97. The summed E-state index contributed by atoms with van der Waals surface area (Å²) < 4.78 is 10.5. The molecule has 0 aliphatic carbocycles. The van der Waals surface area contributed by atoms with Crippen LogP contribution in [-0.2, 0) is 19.1 Å². The van der Waals surface area contributed by atoms with Crippen molar-refractivity contribution in [2.24, 2.45) is 5.73 Å².